The number of fused-ring (bicyclic) bond motifs is 8. The molecule has 68 heavy (non-hydrogen) atoms. The molecule has 3 aromatic heterocycles. The second-order valence-corrected chi connectivity index (χ2v) is 22.6. The van der Waals surface area contributed by atoms with Crippen molar-refractivity contribution in [1.82, 2.24) is 19.9 Å². The van der Waals surface area contributed by atoms with Gasteiger partial charge in [0.15, 0.2) is 0 Å². The average molecular weight is 1070 g/mol. The van der Waals surface area contributed by atoms with Gasteiger partial charge in [-0.1, -0.05) is 46.4 Å². The maximum absolute atomic E-state index is 12.5. The zero-order chi connectivity index (χ0) is 48.8. The minimum Gasteiger partial charge on any atom is -0.354 e. The highest BCUT2D eigenvalue weighted by Gasteiger charge is 2.26. The predicted molar refractivity (Wildman–Crippen MR) is 258 cm³/mol. The third-order valence-corrected chi connectivity index (χ3v) is 15.8. The highest BCUT2D eigenvalue weighted by atomic mass is 35.5. The van der Waals surface area contributed by atoms with Crippen LogP contribution in [0.25, 0.3) is 78.7 Å². The fraction of sp³-hybridized carbons (Fsp3) is 0.0455. The Labute approximate surface area is 406 Å². The minimum absolute atomic E-state index is 0.0110. The first-order valence-corrected chi connectivity index (χ1v) is 26.7. The van der Waals surface area contributed by atoms with Crippen LogP contribution >= 0.6 is 46.4 Å². The Kier molecular flexibility index (Phi) is 12.0. The van der Waals surface area contributed by atoms with Crippen molar-refractivity contribution in [2.45, 2.75) is 32.4 Å². The molecule has 0 fully saturated rings. The summed E-state index contributed by atoms with van der Waals surface area (Å²) in [5.41, 5.74) is 2.90. The van der Waals surface area contributed by atoms with E-state index in [9.17, 15) is 51.9 Å². The third kappa shape index (κ3) is 8.99. The fourth-order valence-corrected chi connectivity index (χ4v) is 10.9. The summed E-state index contributed by atoms with van der Waals surface area (Å²) < 4.78 is 141. The third-order valence-electron chi connectivity index (χ3n) is 11.1. The Morgan fingerprint density at radius 3 is 0.926 bits per heavy atom. The number of H-pyrrole nitrogens is 2. The van der Waals surface area contributed by atoms with E-state index in [1.165, 1.54) is 24.3 Å². The molecule has 16 nitrogen and oxygen atoms in total. The normalized spacial score (nSPS) is 13.3. The van der Waals surface area contributed by atoms with E-state index in [-0.39, 0.29) is 111 Å². The van der Waals surface area contributed by atoms with Crippen molar-refractivity contribution in [3.05, 3.63) is 140 Å². The summed E-state index contributed by atoms with van der Waals surface area (Å²) in [6.45, 7) is 0. The molecule has 5 heterocycles. The Bertz CT molecular complexity index is 3790. The van der Waals surface area contributed by atoms with Gasteiger partial charge in [-0.15, -0.1) is 0 Å². The molecule has 0 atom stereocenters. The number of hydrogen-bond donors (Lipinski definition) is 6. The van der Waals surface area contributed by atoms with Gasteiger partial charge in [0.2, 0.25) is 0 Å². The topological polar surface area (TPSA) is 275 Å². The van der Waals surface area contributed by atoms with Gasteiger partial charge in [0.25, 0.3) is 40.5 Å². The molecule has 4 aromatic carbocycles. The van der Waals surface area contributed by atoms with Crippen molar-refractivity contribution >= 4 is 121 Å². The van der Waals surface area contributed by atoms with Crippen molar-refractivity contribution in [3.63, 3.8) is 0 Å². The van der Waals surface area contributed by atoms with Crippen LogP contribution in [-0.2, 0) is 53.3 Å². The standard InChI is InChI=1S/C44H28Cl4N4O12S4/c45-29-5-1-21(65(53,54)55)17-25(29)41-33-9-11-35(49-33)42(26-18-22(66(56,57)58)2-6-30(26)46)37-13-15-39(51-37)44(28-20-24(68(62,63)64)4-8-32(28)48)40-16-14-38(52-40)43(36-12-10-34(41)50-36)27-19-23(67(59,60)61)3-7-31(27)47/h1-13,15,17-20,50-51H,14,16H2,(H,53,54,55)(H,56,57,58)(H,59,60,61)(H,62,63,64). The SMILES string of the molecule is O=S(=O)(O)c1ccc(Cl)c(-c2c3nc(c(-c4cc(S(=O)(=O)O)ccc4Cl)c4ccc([nH]4)c(-c4cc(S(=O)(=O)O)ccc4Cl)c4nc(c(-c5cc(S(=O)(=O)O)ccc5Cl)c5ccc2[nH]5)CC4)C=C3)c1. The van der Waals surface area contributed by atoms with Gasteiger partial charge in [0, 0.05) is 86.7 Å². The molecule has 0 saturated heterocycles. The summed E-state index contributed by atoms with van der Waals surface area (Å²) >= 11 is 27.3. The van der Waals surface area contributed by atoms with Crippen LogP contribution in [0.15, 0.2) is 117 Å². The van der Waals surface area contributed by atoms with E-state index in [2.05, 4.69) is 9.97 Å². The van der Waals surface area contributed by atoms with Gasteiger partial charge in [-0.25, -0.2) is 4.98 Å². The molecule has 7 aromatic rings. The summed E-state index contributed by atoms with van der Waals surface area (Å²) in [6, 6.07) is 20.4. The second kappa shape index (κ2) is 17.2. The van der Waals surface area contributed by atoms with E-state index >= 15 is 0 Å². The number of benzene rings is 4. The largest absolute Gasteiger partial charge is 0.354 e. The Morgan fingerprint density at radius 1 is 0.382 bits per heavy atom. The number of rotatable bonds is 8. The van der Waals surface area contributed by atoms with Crippen LogP contribution in [-0.4, -0.2) is 71.8 Å². The van der Waals surface area contributed by atoms with Crippen LogP contribution < -0.4 is 0 Å². The monoisotopic (exact) mass is 1070 g/mol. The number of aryl methyl sites for hydroxylation is 2. The molecule has 0 radical (unpaired) electrons. The van der Waals surface area contributed by atoms with Crippen molar-refractivity contribution in [1.29, 1.82) is 0 Å². The molecule has 348 valence electrons. The molecule has 0 amide bonds. The van der Waals surface area contributed by atoms with Gasteiger partial charge < -0.3 is 9.97 Å². The zero-order valence-electron chi connectivity index (χ0n) is 33.9. The maximum atomic E-state index is 12.5. The lowest BCUT2D eigenvalue weighted by molar-refractivity contribution is 0.481. The molecule has 6 N–H and O–H groups in total. The van der Waals surface area contributed by atoms with Crippen molar-refractivity contribution in [2.75, 3.05) is 0 Å². The molecular weight excluding hydrogens is 1050 g/mol. The van der Waals surface area contributed by atoms with E-state index in [4.69, 9.17) is 56.4 Å². The lowest BCUT2D eigenvalue weighted by Crippen LogP contribution is -1.99. The average Bonchev–Trinajstić information content (AvgIpc) is 4.10. The molecule has 24 heteroatoms. The van der Waals surface area contributed by atoms with Crippen LogP contribution in [0.3, 0.4) is 0 Å². The fourth-order valence-electron chi connectivity index (χ4n) is 8.07. The van der Waals surface area contributed by atoms with Crippen molar-refractivity contribution in [2.24, 2.45) is 0 Å². The smallest absolute Gasteiger partial charge is 0.294 e. The predicted octanol–water partition coefficient (Wildman–Crippen LogP) is 10.5. The minimum atomic E-state index is -4.80. The van der Waals surface area contributed by atoms with E-state index in [1.807, 2.05) is 0 Å². The maximum Gasteiger partial charge on any atom is 0.294 e. The zero-order valence-corrected chi connectivity index (χ0v) is 40.2. The molecule has 9 rings (SSSR count). The summed E-state index contributed by atoms with van der Waals surface area (Å²) in [5, 5.41) is 0.0896. The molecule has 0 spiro atoms. The first-order valence-electron chi connectivity index (χ1n) is 19.4. The van der Waals surface area contributed by atoms with Crippen LogP contribution in [0, 0.1) is 0 Å². The van der Waals surface area contributed by atoms with E-state index < -0.39 is 60.1 Å². The van der Waals surface area contributed by atoms with Crippen LogP contribution in [0.1, 0.15) is 22.8 Å². The van der Waals surface area contributed by atoms with Gasteiger partial charge in [-0.2, -0.15) is 33.7 Å². The van der Waals surface area contributed by atoms with Gasteiger partial charge in [-0.3, -0.25) is 23.2 Å². The number of halogens is 4. The summed E-state index contributed by atoms with van der Waals surface area (Å²) in [6.07, 6.45) is 3.34. The van der Waals surface area contributed by atoms with Crippen LogP contribution in [0.2, 0.25) is 20.1 Å². The van der Waals surface area contributed by atoms with Crippen molar-refractivity contribution < 1.29 is 51.9 Å². The molecule has 0 unspecified atom stereocenters. The van der Waals surface area contributed by atoms with Gasteiger partial charge in [0.1, 0.15) is 0 Å². The van der Waals surface area contributed by atoms with E-state index in [0.717, 1.165) is 48.5 Å². The number of nitrogens with one attached hydrogen (secondary N) is 2. The summed E-state index contributed by atoms with van der Waals surface area (Å²) in [7, 11) is -19.2. The van der Waals surface area contributed by atoms with Crippen LogP contribution in [0.5, 0.6) is 0 Å². The molecule has 2 aliphatic heterocycles. The highest BCUT2D eigenvalue weighted by Crippen LogP contribution is 2.44. The summed E-state index contributed by atoms with van der Waals surface area (Å²) in [5.74, 6) is 0. The summed E-state index contributed by atoms with van der Waals surface area (Å²) in [4.78, 5) is 14.6. The van der Waals surface area contributed by atoms with Crippen LogP contribution in [0.4, 0.5) is 0 Å². The highest BCUT2D eigenvalue weighted by molar-refractivity contribution is 7.86. The van der Waals surface area contributed by atoms with E-state index in [1.54, 1.807) is 36.4 Å². The first kappa shape index (κ1) is 47.6. The lowest BCUT2D eigenvalue weighted by atomic mass is 10.0. The Balaban J connectivity index is 1.54. The Morgan fingerprint density at radius 2 is 0.647 bits per heavy atom. The number of hydrogen-bond acceptors (Lipinski definition) is 10. The molecule has 2 aliphatic rings. The lowest BCUT2D eigenvalue weighted by Gasteiger charge is -2.11. The quantitative estimate of drug-likeness (QED) is 0.0773. The van der Waals surface area contributed by atoms with Gasteiger partial charge in [0.05, 0.1) is 42.4 Å². The molecular formula is C44H28Cl4N4O12S4. The number of aromatic nitrogens is 4. The van der Waals surface area contributed by atoms with Gasteiger partial charge in [-0.05, 0) is 122 Å². The van der Waals surface area contributed by atoms with E-state index in [0.29, 0.717) is 11.4 Å². The number of aromatic amines is 2. The Hall–Kier alpha value is -5.46. The molecule has 0 aliphatic carbocycles. The molecule has 8 bridgehead atoms. The molecule has 0 saturated carbocycles. The number of nitrogens with zero attached hydrogens (tertiary/aromatic N) is 2. The van der Waals surface area contributed by atoms with Gasteiger partial charge >= 0.3 is 0 Å². The first-order chi connectivity index (χ1) is 31.9. The van der Waals surface area contributed by atoms with Crippen molar-refractivity contribution in [3.8, 4) is 44.5 Å². The second-order valence-electron chi connectivity index (χ2n) is 15.3.